The maximum absolute atomic E-state index is 5.81. The van der Waals surface area contributed by atoms with Gasteiger partial charge in [-0.05, 0) is 42.9 Å². The van der Waals surface area contributed by atoms with Crippen molar-refractivity contribution in [1.29, 1.82) is 0 Å². The van der Waals surface area contributed by atoms with Crippen LogP contribution in [0.1, 0.15) is 30.0 Å². The lowest BCUT2D eigenvalue weighted by Gasteiger charge is -2.28. The van der Waals surface area contributed by atoms with Gasteiger partial charge in [0.2, 0.25) is 0 Å². The molecule has 1 aromatic carbocycles. The lowest BCUT2D eigenvalue weighted by Crippen LogP contribution is -2.45. The Hall–Kier alpha value is -0.900. The molecule has 3 nitrogen and oxygen atoms in total. The first kappa shape index (κ1) is 13.1. The number of nitrogens with one attached hydrogen (secondary N) is 1. The molecule has 1 aliphatic carbocycles. The van der Waals surface area contributed by atoms with Crippen LogP contribution in [0.4, 0.5) is 0 Å². The van der Waals surface area contributed by atoms with Crippen LogP contribution in [0.25, 0.3) is 0 Å². The van der Waals surface area contributed by atoms with Gasteiger partial charge in [0.15, 0.2) is 0 Å². The van der Waals surface area contributed by atoms with Gasteiger partial charge in [-0.1, -0.05) is 18.2 Å². The van der Waals surface area contributed by atoms with Crippen molar-refractivity contribution in [2.75, 3.05) is 19.7 Å². The first-order valence-electron chi connectivity index (χ1n) is 7.36. The number of fused-ring (bicyclic) bond motifs is 1. The van der Waals surface area contributed by atoms with Crippen LogP contribution in [0.2, 0.25) is 0 Å². The van der Waals surface area contributed by atoms with Crippen LogP contribution in [-0.2, 0) is 28.9 Å². The molecule has 0 amide bonds. The molecule has 0 radical (unpaired) electrons. The van der Waals surface area contributed by atoms with Crippen LogP contribution >= 0.6 is 0 Å². The van der Waals surface area contributed by atoms with E-state index in [1.54, 1.807) is 0 Å². The van der Waals surface area contributed by atoms with Crippen LogP contribution < -0.4 is 5.32 Å². The topological polar surface area (TPSA) is 30.5 Å². The molecule has 1 heterocycles. The number of aryl methyl sites for hydroxylation is 2. The predicted octanol–water partition coefficient (Wildman–Crippen LogP) is 2.07. The molecule has 3 rings (SSSR count). The smallest absolute Gasteiger partial charge is 0.0936 e. The summed E-state index contributed by atoms with van der Waals surface area (Å²) >= 11 is 0. The number of hydrogen-bond donors (Lipinski definition) is 1. The summed E-state index contributed by atoms with van der Waals surface area (Å²) < 4.78 is 11.6. The normalized spacial score (nSPS) is 26.4. The molecule has 1 aliphatic heterocycles. The highest BCUT2D eigenvalue weighted by molar-refractivity contribution is 5.34. The Morgan fingerprint density at radius 1 is 1.26 bits per heavy atom. The van der Waals surface area contributed by atoms with E-state index in [1.165, 1.54) is 36.0 Å². The summed E-state index contributed by atoms with van der Waals surface area (Å²) in [6, 6.07) is 6.78. The van der Waals surface area contributed by atoms with E-state index in [0.29, 0.717) is 19.3 Å². The van der Waals surface area contributed by atoms with E-state index >= 15 is 0 Å². The highest BCUT2D eigenvalue weighted by Gasteiger charge is 2.18. The molecule has 1 fully saturated rings. The second-order valence-corrected chi connectivity index (χ2v) is 5.70. The number of rotatable bonds is 4. The Balaban J connectivity index is 1.47. The second kappa shape index (κ2) is 6.04. The lowest BCUT2D eigenvalue weighted by molar-refractivity contribution is -0.0716. The third kappa shape index (κ3) is 3.35. The van der Waals surface area contributed by atoms with Crippen molar-refractivity contribution >= 4 is 0 Å². The molecular formula is C16H23NO2. The quantitative estimate of drug-likeness (QED) is 0.900. The molecule has 0 bridgehead atoms. The SMILES string of the molecule is CC1CNCC(COCc2ccc3c(c2)CCC3)O1. The van der Waals surface area contributed by atoms with E-state index in [-0.39, 0.29) is 6.10 Å². The zero-order valence-corrected chi connectivity index (χ0v) is 11.7. The first-order valence-corrected chi connectivity index (χ1v) is 7.36. The molecule has 19 heavy (non-hydrogen) atoms. The number of ether oxygens (including phenoxy) is 2. The van der Waals surface area contributed by atoms with Gasteiger partial charge in [-0.15, -0.1) is 0 Å². The minimum Gasteiger partial charge on any atom is -0.374 e. The van der Waals surface area contributed by atoms with Crippen molar-refractivity contribution in [2.45, 2.75) is 45.0 Å². The third-order valence-corrected chi connectivity index (χ3v) is 3.96. The molecular weight excluding hydrogens is 238 g/mol. The van der Waals surface area contributed by atoms with Gasteiger partial charge in [0.1, 0.15) is 0 Å². The Labute approximate surface area is 115 Å². The van der Waals surface area contributed by atoms with E-state index in [9.17, 15) is 0 Å². The van der Waals surface area contributed by atoms with E-state index in [4.69, 9.17) is 9.47 Å². The fraction of sp³-hybridized carbons (Fsp3) is 0.625. The van der Waals surface area contributed by atoms with Crippen LogP contribution in [0, 0.1) is 0 Å². The van der Waals surface area contributed by atoms with Gasteiger partial charge in [-0.2, -0.15) is 0 Å². The van der Waals surface area contributed by atoms with Crippen LogP contribution in [0.15, 0.2) is 18.2 Å². The summed E-state index contributed by atoms with van der Waals surface area (Å²) in [4.78, 5) is 0. The number of morpholine rings is 1. The summed E-state index contributed by atoms with van der Waals surface area (Å²) in [6.07, 6.45) is 4.27. The summed E-state index contributed by atoms with van der Waals surface area (Å²) in [5.41, 5.74) is 4.33. The molecule has 1 saturated heterocycles. The van der Waals surface area contributed by atoms with Crippen LogP contribution in [0.3, 0.4) is 0 Å². The fourth-order valence-electron chi connectivity index (χ4n) is 2.99. The highest BCUT2D eigenvalue weighted by atomic mass is 16.5. The van der Waals surface area contributed by atoms with E-state index < -0.39 is 0 Å². The first-order chi connectivity index (χ1) is 9.31. The molecule has 1 aromatic rings. The molecule has 1 N–H and O–H groups in total. The maximum Gasteiger partial charge on any atom is 0.0936 e. The number of hydrogen-bond acceptors (Lipinski definition) is 3. The van der Waals surface area contributed by atoms with Crippen molar-refractivity contribution in [1.82, 2.24) is 5.32 Å². The van der Waals surface area contributed by atoms with Gasteiger partial charge in [0, 0.05) is 13.1 Å². The van der Waals surface area contributed by atoms with Gasteiger partial charge >= 0.3 is 0 Å². The minimum absolute atomic E-state index is 0.193. The zero-order valence-electron chi connectivity index (χ0n) is 11.7. The van der Waals surface area contributed by atoms with Gasteiger partial charge in [-0.3, -0.25) is 0 Å². The Bertz CT molecular complexity index is 433. The summed E-state index contributed by atoms with van der Waals surface area (Å²) in [5, 5.41) is 3.36. The van der Waals surface area contributed by atoms with Crippen molar-refractivity contribution in [3.8, 4) is 0 Å². The van der Waals surface area contributed by atoms with Gasteiger partial charge in [0.25, 0.3) is 0 Å². The molecule has 2 aliphatic rings. The van der Waals surface area contributed by atoms with Crippen molar-refractivity contribution in [3.63, 3.8) is 0 Å². The molecule has 0 saturated carbocycles. The predicted molar refractivity (Wildman–Crippen MR) is 75.3 cm³/mol. The maximum atomic E-state index is 5.81. The standard InChI is InChI=1S/C16H23NO2/c1-12-8-17-9-16(19-12)11-18-10-13-5-6-14-3-2-4-15(14)7-13/h5-7,12,16-17H,2-4,8-11H2,1H3. The summed E-state index contributed by atoms with van der Waals surface area (Å²) in [7, 11) is 0. The average molecular weight is 261 g/mol. The third-order valence-electron chi connectivity index (χ3n) is 3.96. The van der Waals surface area contributed by atoms with Crippen LogP contribution in [-0.4, -0.2) is 31.9 Å². The highest BCUT2D eigenvalue weighted by Crippen LogP contribution is 2.23. The fourth-order valence-corrected chi connectivity index (χ4v) is 2.99. The molecule has 2 unspecified atom stereocenters. The molecule has 0 aromatic heterocycles. The monoisotopic (exact) mass is 261 g/mol. The van der Waals surface area contributed by atoms with Crippen LogP contribution in [0.5, 0.6) is 0 Å². The lowest BCUT2D eigenvalue weighted by atomic mass is 10.1. The van der Waals surface area contributed by atoms with Gasteiger partial charge < -0.3 is 14.8 Å². The molecule has 104 valence electrons. The summed E-state index contributed by atoms with van der Waals surface area (Å²) in [6.45, 7) is 5.31. The van der Waals surface area contributed by atoms with Crippen molar-refractivity contribution in [2.24, 2.45) is 0 Å². The Morgan fingerprint density at radius 2 is 2.16 bits per heavy atom. The van der Waals surface area contributed by atoms with E-state index in [1.807, 2.05) is 0 Å². The van der Waals surface area contributed by atoms with E-state index in [2.05, 4.69) is 30.4 Å². The molecule has 0 spiro atoms. The summed E-state index contributed by atoms with van der Waals surface area (Å²) in [5.74, 6) is 0. The average Bonchev–Trinajstić information content (AvgIpc) is 2.86. The zero-order chi connectivity index (χ0) is 13.1. The number of benzene rings is 1. The largest absolute Gasteiger partial charge is 0.374 e. The van der Waals surface area contributed by atoms with Gasteiger partial charge in [-0.25, -0.2) is 0 Å². The Kier molecular flexibility index (Phi) is 4.16. The van der Waals surface area contributed by atoms with Gasteiger partial charge in [0.05, 0.1) is 25.4 Å². The Morgan fingerprint density at radius 3 is 3.05 bits per heavy atom. The second-order valence-electron chi connectivity index (χ2n) is 5.70. The molecule has 3 heteroatoms. The van der Waals surface area contributed by atoms with Crippen molar-refractivity contribution < 1.29 is 9.47 Å². The van der Waals surface area contributed by atoms with Crippen molar-refractivity contribution in [3.05, 3.63) is 34.9 Å². The minimum atomic E-state index is 0.193. The van der Waals surface area contributed by atoms with E-state index in [0.717, 1.165) is 13.1 Å². The molecule has 2 atom stereocenters.